The summed E-state index contributed by atoms with van der Waals surface area (Å²) in [5, 5.41) is 0. The summed E-state index contributed by atoms with van der Waals surface area (Å²) in [7, 11) is 0. The van der Waals surface area contributed by atoms with Gasteiger partial charge in [-0.3, -0.25) is 9.69 Å². The Hall–Kier alpha value is -3.38. The SMILES string of the molecule is O=C(c1ccccc1OCc1ccccc1)N1CC(N2CCN(c3ccccn3)CC2)C1. The number of aromatic nitrogens is 1. The maximum absolute atomic E-state index is 13.1. The molecule has 0 radical (unpaired) electrons. The van der Waals surface area contributed by atoms with Gasteiger partial charge in [-0.05, 0) is 29.8 Å². The van der Waals surface area contributed by atoms with E-state index in [4.69, 9.17) is 4.74 Å². The lowest BCUT2D eigenvalue weighted by Crippen LogP contribution is -2.64. The molecule has 3 aromatic rings. The van der Waals surface area contributed by atoms with E-state index in [9.17, 15) is 4.79 Å². The van der Waals surface area contributed by atoms with Gasteiger partial charge < -0.3 is 14.5 Å². The highest BCUT2D eigenvalue weighted by Gasteiger charge is 2.37. The second-order valence-electron chi connectivity index (χ2n) is 8.35. The molecule has 1 amide bonds. The van der Waals surface area contributed by atoms with Crippen LogP contribution < -0.4 is 9.64 Å². The van der Waals surface area contributed by atoms with E-state index in [0.717, 1.165) is 50.6 Å². The van der Waals surface area contributed by atoms with Crippen LogP contribution in [-0.4, -0.2) is 66.0 Å². The molecule has 2 saturated heterocycles. The number of para-hydroxylation sites is 1. The highest BCUT2D eigenvalue weighted by molar-refractivity contribution is 5.97. The molecule has 0 spiro atoms. The quantitative estimate of drug-likeness (QED) is 0.603. The molecule has 0 saturated carbocycles. The minimum Gasteiger partial charge on any atom is -0.488 e. The van der Waals surface area contributed by atoms with Gasteiger partial charge in [0.15, 0.2) is 0 Å². The van der Waals surface area contributed by atoms with E-state index in [1.165, 1.54) is 0 Å². The maximum atomic E-state index is 13.1. The van der Waals surface area contributed by atoms with Crippen LogP contribution in [0.15, 0.2) is 79.0 Å². The van der Waals surface area contributed by atoms with Crippen LogP contribution in [0.2, 0.25) is 0 Å². The third-order valence-electron chi connectivity index (χ3n) is 6.31. The van der Waals surface area contributed by atoms with Crippen LogP contribution in [0.4, 0.5) is 5.82 Å². The minimum absolute atomic E-state index is 0.0528. The smallest absolute Gasteiger partial charge is 0.257 e. The fraction of sp³-hybridized carbons (Fsp3) is 0.308. The number of nitrogens with zero attached hydrogens (tertiary/aromatic N) is 4. The molecule has 2 aromatic carbocycles. The predicted molar refractivity (Wildman–Crippen MR) is 125 cm³/mol. The molecule has 0 atom stereocenters. The zero-order chi connectivity index (χ0) is 21.8. The van der Waals surface area contributed by atoms with E-state index < -0.39 is 0 Å². The average Bonchev–Trinajstić information content (AvgIpc) is 2.83. The number of likely N-dealkylation sites (tertiary alicyclic amines) is 1. The molecule has 6 heteroatoms. The lowest BCUT2D eigenvalue weighted by molar-refractivity contribution is 0.0243. The molecule has 0 bridgehead atoms. The molecule has 2 fully saturated rings. The first-order valence-electron chi connectivity index (χ1n) is 11.2. The summed E-state index contributed by atoms with van der Waals surface area (Å²) in [5.41, 5.74) is 1.73. The number of hydrogen-bond acceptors (Lipinski definition) is 5. The molecule has 2 aliphatic rings. The van der Waals surface area contributed by atoms with Crippen LogP contribution in [0.3, 0.4) is 0 Å². The number of carbonyl (C=O) groups is 1. The van der Waals surface area contributed by atoms with Gasteiger partial charge in [-0.1, -0.05) is 48.5 Å². The van der Waals surface area contributed by atoms with Crippen LogP contribution in [0.5, 0.6) is 5.75 Å². The van der Waals surface area contributed by atoms with E-state index in [-0.39, 0.29) is 5.91 Å². The molecule has 2 aliphatic heterocycles. The van der Waals surface area contributed by atoms with E-state index in [1.807, 2.05) is 77.8 Å². The molecule has 0 N–H and O–H groups in total. The number of rotatable bonds is 6. The van der Waals surface area contributed by atoms with E-state index in [1.54, 1.807) is 0 Å². The van der Waals surface area contributed by atoms with Crippen LogP contribution >= 0.6 is 0 Å². The first-order valence-corrected chi connectivity index (χ1v) is 11.2. The number of amides is 1. The van der Waals surface area contributed by atoms with Crippen LogP contribution in [-0.2, 0) is 6.61 Å². The van der Waals surface area contributed by atoms with Crippen molar-refractivity contribution in [3.05, 3.63) is 90.1 Å². The third-order valence-corrected chi connectivity index (χ3v) is 6.31. The fourth-order valence-electron chi connectivity index (χ4n) is 4.38. The second-order valence-corrected chi connectivity index (χ2v) is 8.35. The van der Waals surface area contributed by atoms with Gasteiger partial charge in [-0.15, -0.1) is 0 Å². The molecule has 32 heavy (non-hydrogen) atoms. The third kappa shape index (κ3) is 4.46. The zero-order valence-electron chi connectivity index (χ0n) is 18.1. The molecule has 0 unspecified atom stereocenters. The molecule has 1 aromatic heterocycles. The van der Waals surface area contributed by atoms with Crippen molar-refractivity contribution in [2.75, 3.05) is 44.2 Å². The predicted octanol–water partition coefficient (Wildman–Crippen LogP) is 3.31. The number of hydrogen-bond donors (Lipinski definition) is 0. The molecular formula is C26H28N4O2. The number of ether oxygens (including phenoxy) is 1. The van der Waals surface area contributed by atoms with Crippen molar-refractivity contribution in [2.24, 2.45) is 0 Å². The fourth-order valence-corrected chi connectivity index (χ4v) is 4.38. The van der Waals surface area contributed by atoms with Gasteiger partial charge in [0.1, 0.15) is 18.2 Å². The van der Waals surface area contributed by atoms with Crippen molar-refractivity contribution in [3.63, 3.8) is 0 Å². The number of pyridine rings is 1. The molecule has 6 nitrogen and oxygen atoms in total. The Morgan fingerprint density at radius 1 is 0.875 bits per heavy atom. The lowest BCUT2D eigenvalue weighted by atomic mass is 10.0. The second kappa shape index (κ2) is 9.40. The van der Waals surface area contributed by atoms with E-state index >= 15 is 0 Å². The van der Waals surface area contributed by atoms with E-state index in [2.05, 4.69) is 20.9 Å². The summed E-state index contributed by atoms with van der Waals surface area (Å²) in [4.78, 5) is 24.4. The number of carbonyl (C=O) groups excluding carboxylic acids is 1. The highest BCUT2D eigenvalue weighted by atomic mass is 16.5. The number of benzene rings is 2. The zero-order valence-corrected chi connectivity index (χ0v) is 18.1. The van der Waals surface area contributed by atoms with Crippen LogP contribution in [0, 0.1) is 0 Å². The van der Waals surface area contributed by atoms with Crippen molar-refractivity contribution in [1.82, 2.24) is 14.8 Å². The first kappa shape index (κ1) is 20.5. The Morgan fingerprint density at radius 3 is 2.34 bits per heavy atom. The minimum atomic E-state index is 0.0528. The van der Waals surface area contributed by atoms with Crippen LogP contribution in [0.25, 0.3) is 0 Å². The average molecular weight is 429 g/mol. The summed E-state index contributed by atoms with van der Waals surface area (Å²) < 4.78 is 5.99. The number of anilines is 1. The summed E-state index contributed by atoms with van der Waals surface area (Å²) >= 11 is 0. The summed E-state index contributed by atoms with van der Waals surface area (Å²) in [6.07, 6.45) is 1.85. The van der Waals surface area contributed by atoms with Gasteiger partial charge in [0, 0.05) is 51.5 Å². The van der Waals surface area contributed by atoms with Gasteiger partial charge >= 0.3 is 0 Å². The molecule has 0 aliphatic carbocycles. The summed E-state index contributed by atoms with van der Waals surface area (Å²) in [6.45, 7) is 5.94. The number of piperazine rings is 1. The monoisotopic (exact) mass is 428 g/mol. The normalized spacial score (nSPS) is 17.1. The first-order chi connectivity index (χ1) is 15.8. The van der Waals surface area contributed by atoms with Gasteiger partial charge in [-0.25, -0.2) is 4.98 Å². The molecule has 164 valence electrons. The Bertz CT molecular complexity index is 1030. The highest BCUT2D eigenvalue weighted by Crippen LogP contribution is 2.26. The van der Waals surface area contributed by atoms with Gasteiger partial charge in [0.2, 0.25) is 0 Å². The summed E-state index contributed by atoms with van der Waals surface area (Å²) in [5.74, 6) is 1.75. The Balaban J connectivity index is 1.14. The molecule has 5 rings (SSSR count). The van der Waals surface area contributed by atoms with Gasteiger partial charge in [0.05, 0.1) is 5.56 Å². The topological polar surface area (TPSA) is 48.9 Å². The van der Waals surface area contributed by atoms with Crippen molar-refractivity contribution >= 4 is 11.7 Å². The van der Waals surface area contributed by atoms with Gasteiger partial charge in [0.25, 0.3) is 5.91 Å². The van der Waals surface area contributed by atoms with Crippen molar-refractivity contribution in [3.8, 4) is 5.75 Å². The summed E-state index contributed by atoms with van der Waals surface area (Å²) in [6, 6.07) is 24.1. The standard InChI is InChI=1S/C26H28N4O2/c31-26(23-10-4-5-11-24(23)32-20-21-8-2-1-3-9-21)30-18-22(19-30)28-14-16-29(17-15-28)25-12-6-7-13-27-25/h1-13,22H,14-20H2. The largest absolute Gasteiger partial charge is 0.488 e. The van der Waals surface area contributed by atoms with E-state index in [0.29, 0.717) is 24.0 Å². The Labute approximate surface area is 189 Å². The Morgan fingerprint density at radius 2 is 1.59 bits per heavy atom. The molecular weight excluding hydrogens is 400 g/mol. The van der Waals surface area contributed by atoms with Gasteiger partial charge in [-0.2, -0.15) is 0 Å². The van der Waals surface area contributed by atoms with Crippen molar-refractivity contribution in [1.29, 1.82) is 0 Å². The molecule has 3 heterocycles. The maximum Gasteiger partial charge on any atom is 0.257 e. The van der Waals surface area contributed by atoms with Crippen LogP contribution in [0.1, 0.15) is 15.9 Å². The Kier molecular flexibility index (Phi) is 6.03. The van der Waals surface area contributed by atoms with Crippen molar-refractivity contribution < 1.29 is 9.53 Å². The van der Waals surface area contributed by atoms with Crippen molar-refractivity contribution in [2.45, 2.75) is 12.6 Å². The lowest BCUT2D eigenvalue weighted by Gasteiger charge is -2.48.